The van der Waals surface area contributed by atoms with Crippen LogP contribution in [0.2, 0.25) is 0 Å². The number of carbonyl (C=O) groups is 1. The molecule has 2 aliphatic rings. The quantitative estimate of drug-likeness (QED) is 0.441. The molecule has 11 heteroatoms. The van der Waals surface area contributed by atoms with Gasteiger partial charge in [0.1, 0.15) is 5.70 Å². The van der Waals surface area contributed by atoms with Crippen LogP contribution in [0.25, 0.3) is 0 Å². The van der Waals surface area contributed by atoms with Gasteiger partial charge in [-0.25, -0.2) is 13.6 Å². The number of nitrogens with one attached hydrogen (secondary N) is 1. The molecule has 26 heavy (non-hydrogen) atoms. The molecule has 0 amide bonds. The summed E-state index contributed by atoms with van der Waals surface area (Å²) in [6.45, 7) is 0. The molecule has 1 fully saturated rings. The summed E-state index contributed by atoms with van der Waals surface area (Å²) in [5, 5.41) is 22.5. The lowest BCUT2D eigenvalue weighted by atomic mass is 9.68. The Morgan fingerprint density at radius 3 is 2.27 bits per heavy atom. The number of aliphatic carboxylic acids is 1. The average molecular weight is 384 g/mol. The number of carboxylic acid groups (broad SMARTS) is 1. The second kappa shape index (κ2) is 6.84. The Morgan fingerprint density at radius 2 is 1.88 bits per heavy atom. The average Bonchev–Trinajstić information content (AvgIpc) is 2.55. The lowest BCUT2D eigenvalue weighted by Gasteiger charge is -2.42. The highest BCUT2D eigenvalue weighted by Crippen LogP contribution is 2.50. The van der Waals surface area contributed by atoms with Gasteiger partial charge >= 0.3 is 12.1 Å². The molecule has 0 aromatic rings. The second-order valence-corrected chi connectivity index (χ2v) is 6.39. The minimum atomic E-state index is -4.46. The first kappa shape index (κ1) is 20.1. The fourth-order valence-electron chi connectivity index (χ4n) is 3.73. The lowest BCUT2D eigenvalue weighted by Crippen LogP contribution is -2.53. The largest absolute Gasteiger partial charge is 0.478 e. The Bertz CT molecular complexity index is 667. The Kier molecular flexibility index (Phi) is 5.29. The number of nitro groups is 1. The van der Waals surface area contributed by atoms with Crippen LogP contribution in [0.1, 0.15) is 25.7 Å². The molecule has 0 aromatic heterocycles. The molecule has 6 nitrogen and oxygen atoms in total. The van der Waals surface area contributed by atoms with Gasteiger partial charge in [0.15, 0.2) is 11.8 Å². The van der Waals surface area contributed by atoms with Gasteiger partial charge in [-0.2, -0.15) is 13.2 Å². The molecule has 0 aliphatic heterocycles. The Balaban J connectivity index is 2.46. The molecular weight excluding hydrogens is 367 g/mol. The van der Waals surface area contributed by atoms with E-state index in [4.69, 9.17) is 5.11 Å². The van der Waals surface area contributed by atoms with Crippen LogP contribution in [0.4, 0.5) is 22.0 Å². The third-order valence-electron chi connectivity index (χ3n) is 5.05. The Labute approximate surface area is 144 Å². The molecule has 146 valence electrons. The van der Waals surface area contributed by atoms with E-state index in [0.717, 1.165) is 7.05 Å². The number of alkyl halides is 5. The van der Waals surface area contributed by atoms with E-state index in [2.05, 4.69) is 5.32 Å². The maximum Gasteiger partial charge on any atom is 0.391 e. The number of allylic oxidation sites excluding steroid dienone is 2. The van der Waals surface area contributed by atoms with Crippen molar-refractivity contribution in [2.75, 3.05) is 7.05 Å². The summed E-state index contributed by atoms with van der Waals surface area (Å²) >= 11 is 0. The van der Waals surface area contributed by atoms with Crippen molar-refractivity contribution in [2.45, 2.75) is 43.7 Å². The van der Waals surface area contributed by atoms with Crippen LogP contribution in [0, 0.1) is 22.0 Å². The second-order valence-electron chi connectivity index (χ2n) is 6.39. The molecule has 2 aliphatic carbocycles. The molecule has 1 saturated carbocycles. The number of hydrogen-bond acceptors (Lipinski definition) is 4. The van der Waals surface area contributed by atoms with Gasteiger partial charge < -0.3 is 10.4 Å². The maximum absolute atomic E-state index is 15.8. The zero-order valence-electron chi connectivity index (χ0n) is 13.6. The highest BCUT2D eigenvalue weighted by atomic mass is 19.4. The maximum atomic E-state index is 15.8. The summed E-state index contributed by atoms with van der Waals surface area (Å²) in [6.07, 6.45) is -8.41. The summed E-state index contributed by atoms with van der Waals surface area (Å²) in [7, 11) is 1.11. The first-order chi connectivity index (χ1) is 11.9. The van der Waals surface area contributed by atoms with E-state index >= 15 is 4.39 Å². The number of carboxylic acids is 1. The van der Waals surface area contributed by atoms with Crippen LogP contribution in [0.15, 0.2) is 23.0 Å². The first-order valence-electron chi connectivity index (χ1n) is 7.86. The fraction of sp³-hybridized carbons (Fsp3) is 0.667. The van der Waals surface area contributed by atoms with Crippen molar-refractivity contribution < 1.29 is 36.8 Å². The molecule has 2 N–H and O–H groups in total. The molecule has 2 rings (SSSR count). The summed E-state index contributed by atoms with van der Waals surface area (Å²) in [5.41, 5.74) is -5.94. The molecule has 0 radical (unpaired) electrons. The van der Waals surface area contributed by atoms with Crippen molar-refractivity contribution in [2.24, 2.45) is 11.8 Å². The van der Waals surface area contributed by atoms with E-state index in [1.807, 2.05) is 0 Å². The van der Waals surface area contributed by atoms with Gasteiger partial charge in [0.05, 0.1) is 16.4 Å². The fourth-order valence-corrected chi connectivity index (χ4v) is 3.73. The van der Waals surface area contributed by atoms with Crippen LogP contribution in [-0.4, -0.2) is 41.1 Å². The third kappa shape index (κ3) is 3.26. The van der Waals surface area contributed by atoms with Gasteiger partial charge in [-0.3, -0.25) is 10.1 Å². The molecule has 2 unspecified atom stereocenters. The molecule has 2 atom stereocenters. The number of nitrogens with zero attached hydrogens (tertiary/aromatic N) is 1. The van der Waals surface area contributed by atoms with Crippen molar-refractivity contribution in [3.8, 4) is 0 Å². The number of hydrogen-bond donors (Lipinski definition) is 2. The third-order valence-corrected chi connectivity index (χ3v) is 5.05. The first-order valence-corrected chi connectivity index (χ1v) is 7.86. The van der Waals surface area contributed by atoms with Crippen molar-refractivity contribution in [3.05, 3.63) is 33.2 Å². The van der Waals surface area contributed by atoms with Crippen LogP contribution >= 0.6 is 0 Å². The van der Waals surface area contributed by atoms with Gasteiger partial charge in [-0.1, -0.05) is 0 Å². The van der Waals surface area contributed by atoms with E-state index in [1.165, 1.54) is 0 Å². The molecule has 0 saturated heterocycles. The molecule has 0 aromatic carbocycles. The standard InChI is InChI=1S/C15H17F5N2O4/c1-21-12-10(22(25)26)6-9(13(23)24)11(16)14(12,17)7-2-4-8(5-3-7)15(18,19)20/h6-8,11,21H,2-5H2,1H3,(H,23,24). The van der Waals surface area contributed by atoms with Crippen molar-refractivity contribution in [1.82, 2.24) is 5.32 Å². The Hall–Kier alpha value is -2.20. The van der Waals surface area contributed by atoms with Crippen molar-refractivity contribution >= 4 is 5.97 Å². The predicted octanol–water partition coefficient (Wildman–Crippen LogP) is 3.13. The van der Waals surface area contributed by atoms with Crippen LogP contribution in [-0.2, 0) is 4.79 Å². The highest BCUT2D eigenvalue weighted by Gasteiger charge is 2.59. The highest BCUT2D eigenvalue weighted by molar-refractivity contribution is 5.89. The van der Waals surface area contributed by atoms with Gasteiger partial charge in [-0.05, 0) is 25.7 Å². The van der Waals surface area contributed by atoms with E-state index in [0.29, 0.717) is 6.08 Å². The summed E-state index contributed by atoms with van der Waals surface area (Å²) in [6, 6.07) is 0. The van der Waals surface area contributed by atoms with Gasteiger partial charge in [0.2, 0.25) is 0 Å². The van der Waals surface area contributed by atoms with Crippen LogP contribution in [0.3, 0.4) is 0 Å². The van der Waals surface area contributed by atoms with Gasteiger partial charge in [-0.15, -0.1) is 0 Å². The predicted molar refractivity (Wildman–Crippen MR) is 79.0 cm³/mol. The number of rotatable bonds is 4. The normalized spacial score (nSPS) is 32.8. The minimum Gasteiger partial charge on any atom is -0.478 e. The molecule has 0 heterocycles. The molecule has 0 spiro atoms. The summed E-state index contributed by atoms with van der Waals surface area (Å²) in [5.74, 6) is -4.84. The van der Waals surface area contributed by atoms with Crippen LogP contribution < -0.4 is 5.32 Å². The summed E-state index contributed by atoms with van der Waals surface area (Å²) < 4.78 is 69.0. The van der Waals surface area contributed by atoms with Gasteiger partial charge in [0, 0.05) is 19.0 Å². The Morgan fingerprint density at radius 1 is 1.35 bits per heavy atom. The summed E-state index contributed by atoms with van der Waals surface area (Å²) in [4.78, 5) is 21.3. The zero-order valence-corrected chi connectivity index (χ0v) is 13.6. The monoisotopic (exact) mass is 384 g/mol. The minimum absolute atomic E-state index is 0.371. The zero-order chi connectivity index (χ0) is 19.9. The van der Waals surface area contributed by atoms with E-state index in [9.17, 15) is 32.5 Å². The molecular formula is C15H17F5N2O4. The van der Waals surface area contributed by atoms with E-state index < -0.39 is 70.6 Å². The number of halogens is 5. The van der Waals surface area contributed by atoms with Crippen LogP contribution in [0.5, 0.6) is 0 Å². The van der Waals surface area contributed by atoms with Crippen molar-refractivity contribution in [3.63, 3.8) is 0 Å². The molecule has 0 bridgehead atoms. The topological polar surface area (TPSA) is 92.5 Å². The lowest BCUT2D eigenvalue weighted by molar-refractivity contribution is -0.422. The SMILES string of the molecule is CNC1=C([N+](=O)[O-])C=C(C(=O)O)C(F)C1(F)C1CCC(C(F)(F)F)CC1. The van der Waals surface area contributed by atoms with E-state index in [-0.39, 0.29) is 12.8 Å². The van der Waals surface area contributed by atoms with Gasteiger partial charge in [0.25, 0.3) is 5.70 Å². The smallest absolute Gasteiger partial charge is 0.391 e. The van der Waals surface area contributed by atoms with E-state index in [1.54, 1.807) is 0 Å². The van der Waals surface area contributed by atoms with Crippen molar-refractivity contribution in [1.29, 1.82) is 0 Å².